The van der Waals surface area contributed by atoms with Crippen LogP contribution in [-0.2, 0) is 10.2 Å². The Balaban J connectivity index is 1.40. The molecule has 2 aromatic carbocycles. The van der Waals surface area contributed by atoms with E-state index >= 15 is 0 Å². The molecular weight excluding hydrogens is 478 g/mol. The maximum atomic E-state index is 12.3. The maximum absolute atomic E-state index is 12.3. The lowest BCUT2D eigenvalue weighted by molar-refractivity contribution is 0.355. The minimum absolute atomic E-state index is 0.394. The second-order valence-corrected chi connectivity index (χ2v) is 10.9. The van der Waals surface area contributed by atoms with E-state index in [2.05, 4.69) is 26.3 Å². The molecule has 1 aromatic heterocycles. The van der Waals surface area contributed by atoms with Crippen molar-refractivity contribution >= 4 is 27.5 Å². The number of anilines is 3. The van der Waals surface area contributed by atoms with Crippen molar-refractivity contribution in [1.29, 1.82) is 5.26 Å². The van der Waals surface area contributed by atoms with E-state index in [0.717, 1.165) is 22.5 Å². The normalized spacial score (nSPS) is 14.5. The molecule has 1 aliphatic rings. The van der Waals surface area contributed by atoms with Crippen LogP contribution in [0, 0.1) is 25.2 Å². The number of benzene rings is 2. The molecule has 0 amide bonds. The standard InChI is InChI=1S/C25H29N7O3S/c1-18-15-20(17-26)16-19(2)24(18)35-23-9-10-27-25(29-23)28-21-5-7-22(8-6-21)31-11-13-32(14-12-31)36(33,34)30(3)4/h5-10,15-16H,11-14H2,1-4H3,(H,27,28,29). The first-order valence-corrected chi connectivity index (χ1v) is 12.9. The van der Waals surface area contributed by atoms with Gasteiger partial charge in [-0.2, -0.15) is 27.3 Å². The van der Waals surface area contributed by atoms with Gasteiger partial charge in [0, 0.05) is 63.9 Å². The molecule has 0 atom stereocenters. The van der Waals surface area contributed by atoms with Crippen molar-refractivity contribution in [3.63, 3.8) is 0 Å². The monoisotopic (exact) mass is 507 g/mol. The lowest BCUT2D eigenvalue weighted by Gasteiger charge is -2.36. The van der Waals surface area contributed by atoms with Crippen LogP contribution < -0.4 is 15.0 Å². The summed E-state index contributed by atoms with van der Waals surface area (Å²) in [6, 6.07) is 15.2. The van der Waals surface area contributed by atoms with Gasteiger partial charge in [0.25, 0.3) is 10.2 Å². The van der Waals surface area contributed by atoms with Gasteiger partial charge in [0.05, 0.1) is 11.6 Å². The number of hydrogen-bond acceptors (Lipinski definition) is 8. The van der Waals surface area contributed by atoms with E-state index in [1.54, 1.807) is 38.5 Å². The van der Waals surface area contributed by atoms with E-state index in [0.29, 0.717) is 49.3 Å². The minimum atomic E-state index is -3.39. The van der Waals surface area contributed by atoms with Crippen molar-refractivity contribution in [1.82, 2.24) is 18.6 Å². The molecule has 0 unspecified atom stereocenters. The molecule has 2 heterocycles. The Morgan fingerprint density at radius 1 is 1.03 bits per heavy atom. The summed E-state index contributed by atoms with van der Waals surface area (Å²) in [6.45, 7) is 5.92. The van der Waals surface area contributed by atoms with Gasteiger partial charge in [-0.05, 0) is 61.4 Å². The van der Waals surface area contributed by atoms with Gasteiger partial charge >= 0.3 is 0 Å². The van der Waals surface area contributed by atoms with Crippen LogP contribution in [0.4, 0.5) is 17.3 Å². The molecule has 0 radical (unpaired) electrons. The molecule has 0 aliphatic carbocycles. The third-order valence-corrected chi connectivity index (χ3v) is 7.88. The summed E-state index contributed by atoms with van der Waals surface area (Å²) in [5.74, 6) is 1.46. The highest BCUT2D eigenvalue weighted by Gasteiger charge is 2.28. The van der Waals surface area contributed by atoms with Gasteiger partial charge in [-0.3, -0.25) is 0 Å². The number of nitriles is 1. The Hall–Kier alpha value is -3.72. The fourth-order valence-corrected chi connectivity index (χ4v) is 5.12. The first kappa shape index (κ1) is 25.4. The summed E-state index contributed by atoms with van der Waals surface area (Å²) in [7, 11) is -0.286. The van der Waals surface area contributed by atoms with Crippen molar-refractivity contribution in [3.8, 4) is 17.7 Å². The van der Waals surface area contributed by atoms with Gasteiger partial charge < -0.3 is 15.0 Å². The Morgan fingerprint density at radius 3 is 2.25 bits per heavy atom. The second kappa shape index (κ2) is 10.5. The highest BCUT2D eigenvalue weighted by Crippen LogP contribution is 2.29. The fourth-order valence-electron chi connectivity index (χ4n) is 4.03. The summed E-state index contributed by atoms with van der Waals surface area (Å²) in [5.41, 5.74) is 4.14. The van der Waals surface area contributed by atoms with E-state index in [-0.39, 0.29) is 0 Å². The SMILES string of the molecule is Cc1cc(C#N)cc(C)c1Oc1ccnc(Nc2ccc(N3CCN(S(=O)(=O)N(C)C)CC3)cc2)n1. The topological polar surface area (TPSA) is 115 Å². The molecule has 3 aromatic rings. The molecule has 11 heteroatoms. The van der Waals surface area contributed by atoms with Crippen LogP contribution >= 0.6 is 0 Å². The molecule has 0 saturated carbocycles. The molecular formula is C25H29N7O3S. The highest BCUT2D eigenvalue weighted by atomic mass is 32.2. The minimum Gasteiger partial charge on any atom is -0.438 e. The molecule has 1 aliphatic heterocycles. The summed E-state index contributed by atoms with van der Waals surface area (Å²) < 4.78 is 33.4. The van der Waals surface area contributed by atoms with Crippen LogP contribution in [0.5, 0.6) is 11.6 Å². The van der Waals surface area contributed by atoms with E-state index in [1.807, 2.05) is 38.1 Å². The number of aromatic nitrogens is 2. The summed E-state index contributed by atoms with van der Waals surface area (Å²) in [5, 5.41) is 12.3. The molecule has 0 bridgehead atoms. The highest BCUT2D eigenvalue weighted by molar-refractivity contribution is 7.86. The number of rotatable bonds is 7. The van der Waals surface area contributed by atoms with Crippen LogP contribution in [0.15, 0.2) is 48.7 Å². The van der Waals surface area contributed by atoms with Gasteiger partial charge in [0.15, 0.2) is 0 Å². The van der Waals surface area contributed by atoms with Crippen LogP contribution in [0.25, 0.3) is 0 Å². The molecule has 1 N–H and O–H groups in total. The molecule has 188 valence electrons. The van der Waals surface area contributed by atoms with Crippen molar-refractivity contribution in [2.45, 2.75) is 13.8 Å². The maximum Gasteiger partial charge on any atom is 0.281 e. The van der Waals surface area contributed by atoms with Crippen molar-refractivity contribution in [3.05, 3.63) is 65.4 Å². The Labute approximate surface area is 211 Å². The number of aryl methyl sites for hydroxylation is 2. The molecule has 1 saturated heterocycles. The third kappa shape index (κ3) is 5.57. The molecule has 36 heavy (non-hydrogen) atoms. The van der Waals surface area contributed by atoms with E-state index in [4.69, 9.17) is 10.00 Å². The average Bonchev–Trinajstić information content (AvgIpc) is 2.87. The van der Waals surface area contributed by atoms with Gasteiger partial charge in [-0.1, -0.05) is 0 Å². The predicted octanol–water partition coefficient (Wildman–Crippen LogP) is 3.43. The predicted molar refractivity (Wildman–Crippen MR) is 139 cm³/mol. The van der Waals surface area contributed by atoms with E-state index in [1.165, 1.54) is 8.61 Å². The first-order valence-electron chi connectivity index (χ1n) is 11.5. The van der Waals surface area contributed by atoms with Crippen molar-refractivity contribution in [2.24, 2.45) is 0 Å². The molecule has 4 rings (SSSR count). The lowest BCUT2D eigenvalue weighted by atomic mass is 10.1. The summed E-state index contributed by atoms with van der Waals surface area (Å²) >= 11 is 0. The average molecular weight is 508 g/mol. The first-order chi connectivity index (χ1) is 17.2. The Bertz CT molecular complexity index is 1350. The van der Waals surface area contributed by atoms with E-state index in [9.17, 15) is 8.42 Å². The third-order valence-electron chi connectivity index (χ3n) is 5.94. The number of piperazine rings is 1. The smallest absolute Gasteiger partial charge is 0.281 e. The summed E-state index contributed by atoms with van der Waals surface area (Å²) in [4.78, 5) is 10.9. The van der Waals surface area contributed by atoms with Crippen molar-refractivity contribution < 1.29 is 13.2 Å². The van der Waals surface area contributed by atoms with Gasteiger partial charge in [-0.25, -0.2) is 4.98 Å². The van der Waals surface area contributed by atoms with Crippen LogP contribution in [0.1, 0.15) is 16.7 Å². The van der Waals surface area contributed by atoms with Crippen molar-refractivity contribution in [2.75, 3.05) is 50.5 Å². The van der Waals surface area contributed by atoms with Crippen LogP contribution in [0.2, 0.25) is 0 Å². The largest absolute Gasteiger partial charge is 0.438 e. The quantitative estimate of drug-likeness (QED) is 0.517. The summed E-state index contributed by atoms with van der Waals surface area (Å²) in [6.07, 6.45) is 1.62. The fraction of sp³-hybridized carbons (Fsp3) is 0.320. The second-order valence-electron chi connectivity index (χ2n) is 8.72. The lowest BCUT2D eigenvalue weighted by Crippen LogP contribution is -2.51. The number of nitrogens with one attached hydrogen (secondary N) is 1. The van der Waals surface area contributed by atoms with Gasteiger partial charge in [0.2, 0.25) is 11.8 Å². The van der Waals surface area contributed by atoms with E-state index < -0.39 is 10.2 Å². The molecule has 10 nitrogen and oxygen atoms in total. The molecule has 0 spiro atoms. The Kier molecular flexibility index (Phi) is 7.40. The zero-order chi connectivity index (χ0) is 25.9. The zero-order valence-corrected chi connectivity index (χ0v) is 21.6. The Morgan fingerprint density at radius 2 is 1.67 bits per heavy atom. The van der Waals surface area contributed by atoms with Crippen LogP contribution in [-0.4, -0.2) is 67.3 Å². The van der Waals surface area contributed by atoms with Gasteiger partial charge in [-0.15, -0.1) is 0 Å². The number of nitrogens with zero attached hydrogens (tertiary/aromatic N) is 6. The zero-order valence-electron chi connectivity index (χ0n) is 20.8. The van der Waals surface area contributed by atoms with Crippen LogP contribution in [0.3, 0.4) is 0 Å². The number of hydrogen-bond donors (Lipinski definition) is 1. The number of ether oxygens (including phenoxy) is 1. The van der Waals surface area contributed by atoms with Gasteiger partial charge in [0.1, 0.15) is 5.75 Å². The molecule has 1 fully saturated rings.